The minimum Gasteiger partial charge on any atom is -0.369 e. The highest BCUT2D eigenvalue weighted by Crippen LogP contribution is 2.27. The number of rotatable bonds is 7. The van der Waals surface area contributed by atoms with Crippen LogP contribution in [0.25, 0.3) is 11.1 Å². The molecule has 1 aliphatic carbocycles. The topological polar surface area (TPSA) is 48.5 Å². The Balaban J connectivity index is 0.00000141. The van der Waals surface area contributed by atoms with Gasteiger partial charge in [-0.1, -0.05) is 57.7 Å². The maximum Gasteiger partial charge on any atom is 0.226 e. The zero-order valence-corrected chi connectivity index (χ0v) is 20.1. The quantitative estimate of drug-likeness (QED) is 0.679. The molecular weight excluding hydrogens is 396 g/mol. The van der Waals surface area contributed by atoms with E-state index >= 15 is 0 Å². The average Bonchev–Trinajstić information content (AvgIpc) is 3.35. The van der Waals surface area contributed by atoms with Crippen molar-refractivity contribution in [3.63, 3.8) is 0 Å². The average molecular weight is 437 g/mol. The van der Waals surface area contributed by atoms with Gasteiger partial charge in [0.15, 0.2) is 0 Å². The second kappa shape index (κ2) is 12.6. The summed E-state index contributed by atoms with van der Waals surface area (Å²) in [5.41, 5.74) is 4.36. The van der Waals surface area contributed by atoms with Crippen molar-refractivity contribution in [3.8, 4) is 11.1 Å². The number of amides is 1. The maximum absolute atomic E-state index is 12.2. The van der Waals surface area contributed by atoms with Crippen LogP contribution in [0.1, 0.15) is 51.6 Å². The van der Waals surface area contributed by atoms with Gasteiger partial charge in [-0.05, 0) is 43.1 Å². The van der Waals surface area contributed by atoms with E-state index in [0.29, 0.717) is 6.42 Å². The van der Waals surface area contributed by atoms with Crippen LogP contribution in [-0.2, 0) is 11.2 Å². The molecule has 1 aliphatic heterocycles. The molecule has 174 valence electrons. The van der Waals surface area contributed by atoms with Crippen molar-refractivity contribution in [1.29, 1.82) is 0 Å². The minimum absolute atomic E-state index is 0.0739. The number of aromatic nitrogens is 1. The molecule has 4 rings (SSSR count). The SMILES string of the molecule is CC.CN1CCN(c2ccc(-c3ccc(CC(=O)NCCC4CCCC4)nc3)cc2)CC1. The second-order valence-electron chi connectivity index (χ2n) is 8.84. The molecule has 2 aliphatic rings. The van der Waals surface area contributed by atoms with Crippen LogP contribution in [-0.4, -0.2) is 55.6 Å². The van der Waals surface area contributed by atoms with Gasteiger partial charge < -0.3 is 15.1 Å². The van der Waals surface area contributed by atoms with Crippen molar-refractivity contribution in [3.05, 3.63) is 48.3 Å². The summed E-state index contributed by atoms with van der Waals surface area (Å²) in [7, 11) is 2.18. The number of benzene rings is 1. The lowest BCUT2D eigenvalue weighted by Gasteiger charge is -2.34. The number of carbonyl (C=O) groups is 1. The Morgan fingerprint density at radius 2 is 1.62 bits per heavy atom. The number of nitrogens with zero attached hydrogens (tertiary/aromatic N) is 3. The third-order valence-corrected chi connectivity index (χ3v) is 6.58. The smallest absolute Gasteiger partial charge is 0.226 e. The molecule has 1 saturated heterocycles. The largest absolute Gasteiger partial charge is 0.369 e. The molecule has 1 aromatic heterocycles. The number of piperazine rings is 1. The van der Waals surface area contributed by atoms with Crippen LogP contribution in [0.5, 0.6) is 0 Å². The van der Waals surface area contributed by atoms with Crippen molar-refractivity contribution in [2.75, 3.05) is 44.7 Å². The summed E-state index contributed by atoms with van der Waals surface area (Å²) >= 11 is 0. The van der Waals surface area contributed by atoms with Gasteiger partial charge in [0.25, 0.3) is 0 Å². The van der Waals surface area contributed by atoms with Gasteiger partial charge >= 0.3 is 0 Å². The fourth-order valence-electron chi connectivity index (χ4n) is 4.57. The van der Waals surface area contributed by atoms with Crippen LogP contribution in [0.2, 0.25) is 0 Å². The van der Waals surface area contributed by atoms with Gasteiger partial charge in [-0.15, -0.1) is 0 Å². The highest BCUT2D eigenvalue weighted by atomic mass is 16.1. The molecule has 5 heteroatoms. The minimum atomic E-state index is 0.0739. The van der Waals surface area contributed by atoms with Crippen LogP contribution < -0.4 is 10.2 Å². The molecule has 0 bridgehead atoms. The summed E-state index contributed by atoms with van der Waals surface area (Å²) in [6, 6.07) is 12.8. The number of carbonyl (C=O) groups excluding carboxylic acids is 1. The predicted molar refractivity (Wildman–Crippen MR) is 134 cm³/mol. The lowest BCUT2D eigenvalue weighted by molar-refractivity contribution is -0.120. The summed E-state index contributed by atoms with van der Waals surface area (Å²) in [6.07, 6.45) is 8.72. The third kappa shape index (κ3) is 7.06. The van der Waals surface area contributed by atoms with Crippen LogP contribution in [0.3, 0.4) is 0 Å². The van der Waals surface area contributed by atoms with Gasteiger partial charge in [0, 0.05) is 55.9 Å². The van der Waals surface area contributed by atoms with E-state index in [1.165, 1.54) is 31.4 Å². The molecule has 1 saturated carbocycles. The lowest BCUT2D eigenvalue weighted by Crippen LogP contribution is -2.44. The first-order valence-corrected chi connectivity index (χ1v) is 12.4. The van der Waals surface area contributed by atoms with Crippen LogP contribution in [0, 0.1) is 5.92 Å². The summed E-state index contributed by atoms with van der Waals surface area (Å²) in [5, 5.41) is 3.06. The summed E-state index contributed by atoms with van der Waals surface area (Å²) in [5.74, 6) is 0.884. The van der Waals surface area contributed by atoms with Gasteiger partial charge in [0.05, 0.1) is 6.42 Å². The molecule has 1 N–H and O–H groups in total. The molecule has 0 spiro atoms. The Kier molecular flexibility index (Phi) is 9.54. The predicted octanol–water partition coefficient (Wildman–Crippen LogP) is 4.77. The van der Waals surface area contributed by atoms with E-state index in [2.05, 4.69) is 57.5 Å². The van der Waals surface area contributed by atoms with E-state index in [-0.39, 0.29) is 5.91 Å². The Hall–Kier alpha value is -2.40. The van der Waals surface area contributed by atoms with Gasteiger partial charge in [0.1, 0.15) is 0 Å². The maximum atomic E-state index is 12.2. The van der Waals surface area contributed by atoms with E-state index in [0.717, 1.165) is 61.9 Å². The number of likely N-dealkylation sites (N-methyl/N-ethyl adjacent to an activating group) is 1. The van der Waals surface area contributed by atoms with E-state index in [4.69, 9.17) is 0 Å². The van der Waals surface area contributed by atoms with Crippen LogP contribution in [0.4, 0.5) is 5.69 Å². The zero-order chi connectivity index (χ0) is 22.8. The van der Waals surface area contributed by atoms with Crippen molar-refractivity contribution >= 4 is 11.6 Å². The second-order valence-corrected chi connectivity index (χ2v) is 8.84. The Labute approximate surface area is 194 Å². The van der Waals surface area contributed by atoms with E-state index in [9.17, 15) is 4.79 Å². The Morgan fingerprint density at radius 1 is 0.969 bits per heavy atom. The molecule has 0 unspecified atom stereocenters. The monoisotopic (exact) mass is 436 g/mol. The molecular formula is C27H40N4O. The Bertz CT molecular complexity index is 805. The highest BCUT2D eigenvalue weighted by Gasteiger charge is 2.15. The first-order valence-electron chi connectivity index (χ1n) is 12.4. The zero-order valence-electron chi connectivity index (χ0n) is 20.1. The summed E-state index contributed by atoms with van der Waals surface area (Å²) < 4.78 is 0. The van der Waals surface area contributed by atoms with Gasteiger partial charge in [-0.25, -0.2) is 0 Å². The van der Waals surface area contributed by atoms with Gasteiger partial charge in [0.2, 0.25) is 5.91 Å². The number of anilines is 1. The standard InChI is InChI=1S/C25H34N4O.C2H6/c1-28-14-16-29(17-15-28)24-10-7-21(8-11-24)22-6-9-23(27-19-22)18-25(30)26-13-12-20-4-2-3-5-20;1-2/h6-11,19-20H,2-5,12-18H2,1H3,(H,26,30);1-2H3. The molecule has 32 heavy (non-hydrogen) atoms. The Morgan fingerprint density at radius 3 is 2.25 bits per heavy atom. The number of hydrogen-bond acceptors (Lipinski definition) is 4. The molecule has 1 aromatic carbocycles. The van der Waals surface area contributed by atoms with Gasteiger partial charge in [-0.3, -0.25) is 9.78 Å². The fraction of sp³-hybridized carbons (Fsp3) is 0.556. The molecule has 2 fully saturated rings. The summed E-state index contributed by atoms with van der Waals surface area (Å²) in [6.45, 7) is 9.17. The first-order chi connectivity index (χ1) is 15.7. The molecule has 0 radical (unpaired) electrons. The van der Waals surface area contributed by atoms with E-state index in [1.54, 1.807) is 0 Å². The molecule has 0 atom stereocenters. The van der Waals surface area contributed by atoms with Crippen molar-refractivity contribution in [2.45, 2.75) is 52.4 Å². The number of pyridine rings is 1. The number of hydrogen-bond donors (Lipinski definition) is 1. The fourth-order valence-corrected chi connectivity index (χ4v) is 4.57. The van der Waals surface area contributed by atoms with Crippen LogP contribution in [0.15, 0.2) is 42.6 Å². The highest BCUT2D eigenvalue weighted by molar-refractivity contribution is 5.78. The van der Waals surface area contributed by atoms with Crippen molar-refractivity contribution < 1.29 is 4.79 Å². The van der Waals surface area contributed by atoms with E-state index < -0.39 is 0 Å². The third-order valence-electron chi connectivity index (χ3n) is 6.58. The van der Waals surface area contributed by atoms with E-state index in [1.807, 2.05) is 26.1 Å². The first kappa shape index (κ1) is 24.2. The molecule has 2 aromatic rings. The number of nitrogens with one attached hydrogen (secondary N) is 1. The van der Waals surface area contributed by atoms with Crippen LogP contribution >= 0.6 is 0 Å². The van der Waals surface area contributed by atoms with Gasteiger partial charge in [-0.2, -0.15) is 0 Å². The van der Waals surface area contributed by atoms with Crippen molar-refractivity contribution in [2.24, 2.45) is 5.92 Å². The molecule has 2 heterocycles. The molecule has 1 amide bonds. The summed E-state index contributed by atoms with van der Waals surface area (Å²) in [4.78, 5) is 21.5. The normalized spacial score (nSPS) is 17.0. The van der Waals surface area contributed by atoms with Crippen molar-refractivity contribution in [1.82, 2.24) is 15.2 Å². The lowest BCUT2D eigenvalue weighted by atomic mass is 10.0. The molecule has 5 nitrogen and oxygen atoms in total.